The van der Waals surface area contributed by atoms with E-state index in [0.29, 0.717) is 18.8 Å². The van der Waals surface area contributed by atoms with E-state index < -0.39 is 11.7 Å². The van der Waals surface area contributed by atoms with Crippen LogP contribution in [-0.4, -0.2) is 36.2 Å². The number of likely N-dealkylation sites (tertiary alicyclic amines) is 1. The topological polar surface area (TPSA) is 16.1 Å². The van der Waals surface area contributed by atoms with Gasteiger partial charge in [-0.05, 0) is 77.5 Å². The summed E-state index contributed by atoms with van der Waals surface area (Å²) in [6, 6.07) is 17.4. The molecular weight excluding hydrogens is 500 g/mol. The standard InChI is InChI=1S/C30H29ClF4N2/c31-28-26(30(33,34)35)13-15-36-29(28)25-8-3-6-22-5-1-2-7-24(22)27(25)23-11-9-20(10-12-23)17-21-18-37(19-21)16-4-14-32/h1-2,5,7,9-13,15,21H,3-4,6,8,14,16-19H2. The van der Waals surface area contributed by atoms with E-state index in [0.717, 1.165) is 67.2 Å². The molecule has 0 amide bonds. The number of allylic oxidation sites excluding steroid dienone is 1. The summed E-state index contributed by atoms with van der Waals surface area (Å²) in [6.07, 6.45) is 0.394. The van der Waals surface area contributed by atoms with Gasteiger partial charge in [-0.25, -0.2) is 0 Å². The van der Waals surface area contributed by atoms with E-state index in [1.165, 1.54) is 17.3 Å². The third-order valence-corrected chi connectivity index (χ3v) is 7.73. The minimum Gasteiger partial charge on any atom is -0.303 e. The van der Waals surface area contributed by atoms with Crippen LogP contribution in [0.15, 0.2) is 60.8 Å². The van der Waals surface area contributed by atoms with Gasteiger partial charge in [-0.15, -0.1) is 0 Å². The fourth-order valence-electron chi connectivity index (χ4n) is 5.58. The average Bonchev–Trinajstić information content (AvgIpc) is 3.05. The summed E-state index contributed by atoms with van der Waals surface area (Å²) in [4.78, 5) is 6.63. The Morgan fingerprint density at radius 3 is 2.46 bits per heavy atom. The van der Waals surface area contributed by atoms with Crippen LogP contribution >= 0.6 is 11.6 Å². The van der Waals surface area contributed by atoms with Crippen molar-refractivity contribution in [3.63, 3.8) is 0 Å². The Bertz CT molecular complexity index is 1280. The van der Waals surface area contributed by atoms with Gasteiger partial charge in [0.25, 0.3) is 0 Å². The molecular formula is C30H29ClF4N2. The second-order valence-corrected chi connectivity index (χ2v) is 10.3. The number of hydrogen-bond donors (Lipinski definition) is 0. The molecule has 0 unspecified atom stereocenters. The second kappa shape index (κ2) is 11.0. The van der Waals surface area contributed by atoms with E-state index in [-0.39, 0.29) is 17.4 Å². The van der Waals surface area contributed by atoms with Crippen molar-refractivity contribution in [2.24, 2.45) is 5.92 Å². The lowest BCUT2D eigenvalue weighted by molar-refractivity contribution is -0.137. The maximum Gasteiger partial charge on any atom is 0.417 e. The number of fused-ring (bicyclic) bond motifs is 1. The molecule has 0 atom stereocenters. The summed E-state index contributed by atoms with van der Waals surface area (Å²) >= 11 is 6.37. The number of halogens is 5. The highest BCUT2D eigenvalue weighted by Gasteiger charge is 2.35. The van der Waals surface area contributed by atoms with Gasteiger partial charge in [0.1, 0.15) is 0 Å². The Hall–Kier alpha value is -2.70. The van der Waals surface area contributed by atoms with Crippen molar-refractivity contribution in [2.75, 3.05) is 26.3 Å². The number of alkyl halides is 4. The van der Waals surface area contributed by atoms with Gasteiger partial charge >= 0.3 is 6.18 Å². The van der Waals surface area contributed by atoms with Crippen LogP contribution in [0, 0.1) is 5.92 Å². The van der Waals surface area contributed by atoms with Gasteiger partial charge in [0.2, 0.25) is 0 Å². The van der Waals surface area contributed by atoms with Gasteiger partial charge in [-0.3, -0.25) is 9.37 Å². The Kier molecular flexibility index (Phi) is 7.68. The van der Waals surface area contributed by atoms with Crippen molar-refractivity contribution >= 4 is 22.7 Å². The first-order chi connectivity index (χ1) is 17.8. The van der Waals surface area contributed by atoms with Gasteiger partial charge in [0.15, 0.2) is 0 Å². The Balaban J connectivity index is 1.51. The first-order valence-electron chi connectivity index (χ1n) is 12.8. The maximum absolute atomic E-state index is 13.7. The number of nitrogens with zero attached hydrogens (tertiary/aromatic N) is 2. The van der Waals surface area contributed by atoms with Crippen molar-refractivity contribution in [2.45, 2.75) is 38.3 Å². The Morgan fingerprint density at radius 2 is 1.73 bits per heavy atom. The summed E-state index contributed by atoms with van der Waals surface area (Å²) in [5.41, 5.74) is 5.34. The lowest BCUT2D eigenvalue weighted by Crippen LogP contribution is -2.47. The number of benzene rings is 2. The summed E-state index contributed by atoms with van der Waals surface area (Å²) in [5, 5.41) is -0.346. The number of pyridine rings is 1. The largest absolute Gasteiger partial charge is 0.417 e. The van der Waals surface area contributed by atoms with Crippen LogP contribution in [0.4, 0.5) is 17.6 Å². The predicted molar refractivity (Wildman–Crippen MR) is 140 cm³/mol. The number of rotatable bonds is 7. The van der Waals surface area contributed by atoms with Crippen LogP contribution in [0.5, 0.6) is 0 Å². The quantitative estimate of drug-likeness (QED) is 0.290. The zero-order valence-electron chi connectivity index (χ0n) is 20.5. The maximum atomic E-state index is 13.7. The molecule has 0 saturated carbocycles. The highest BCUT2D eigenvalue weighted by molar-refractivity contribution is 6.33. The molecule has 0 radical (unpaired) electrons. The van der Waals surface area contributed by atoms with Crippen molar-refractivity contribution in [1.29, 1.82) is 0 Å². The molecule has 2 aromatic carbocycles. The van der Waals surface area contributed by atoms with E-state index in [9.17, 15) is 17.6 Å². The Labute approximate surface area is 220 Å². The molecule has 2 aliphatic rings. The van der Waals surface area contributed by atoms with Crippen molar-refractivity contribution in [3.8, 4) is 0 Å². The van der Waals surface area contributed by atoms with Crippen LogP contribution in [0.3, 0.4) is 0 Å². The summed E-state index contributed by atoms with van der Waals surface area (Å²) in [7, 11) is 0. The second-order valence-electron chi connectivity index (χ2n) is 9.95. The molecule has 0 N–H and O–H groups in total. The molecule has 1 aliphatic heterocycles. The predicted octanol–water partition coefficient (Wildman–Crippen LogP) is 7.88. The molecule has 1 aliphatic carbocycles. The minimum atomic E-state index is -4.55. The molecule has 3 aromatic rings. The van der Waals surface area contributed by atoms with Crippen molar-refractivity contribution in [1.82, 2.24) is 9.88 Å². The van der Waals surface area contributed by atoms with Crippen molar-refractivity contribution in [3.05, 3.63) is 99.3 Å². The first-order valence-corrected chi connectivity index (χ1v) is 13.1. The van der Waals surface area contributed by atoms with E-state index in [1.54, 1.807) is 0 Å². The molecule has 0 spiro atoms. The zero-order chi connectivity index (χ0) is 26.0. The van der Waals surface area contributed by atoms with Gasteiger partial charge < -0.3 is 4.90 Å². The monoisotopic (exact) mass is 528 g/mol. The molecule has 0 bridgehead atoms. The third-order valence-electron chi connectivity index (χ3n) is 7.35. The third kappa shape index (κ3) is 5.60. The molecule has 5 rings (SSSR count). The van der Waals surface area contributed by atoms with Gasteiger partial charge in [-0.1, -0.05) is 60.1 Å². The fraction of sp³-hybridized carbons (Fsp3) is 0.367. The summed E-state index contributed by atoms with van der Waals surface area (Å²) < 4.78 is 53.4. The van der Waals surface area contributed by atoms with Crippen LogP contribution < -0.4 is 0 Å². The Morgan fingerprint density at radius 1 is 0.973 bits per heavy atom. The van der Waals surface area contributed by atoms with Crippen LogP contribution in [0.2, 0.25) is 5.02 Å². The van der Waals surface area contributed by atoms with Crippen molar-refractivity contribution < 1.29 is 17.6 Å². The van der Waals surface area contributed by atoms with Gasteiger partial charge in [-0.2, -0.15) is 13.2 Å². The van der Waals surface area contributed by atoms with E-state index in [1.807, 2.05) is 18.2 Å². The van der Waals surface area contributed by atoms with E-state index in [4.69, 9.17) is 11.6 Å². The van der Waals surface area contributed by atoms with Gasteiger partial charge in [0.05, 0.1) is 23.0 Å². The normalized spacial score (nSPS) is 16.9. The lowest BCUT2D eigenvalue weighted by Gasteiger charge is -2.39. The van der Waals surface area contributed by atoms with E-state index >= 15 is 0 Å². The molecule has 2 nitrogen and oxygen atoms in total. The smallest absolute Gasteiger partial charge is 0.303 e. The summed E-state index contributed by atoms with van der Waals surface area (Å²) in [6.45, 7) is 2.52. The first kappa shape index (κ1) is 25.9. The van der Waals surface area contributed by atoms with Crippen LogP contribution in [-0.2, 0) is 19.0 Å². The fourth-order valence-corrected chi connectivity index (χ4v) is 5.91. The van der Waals surface area contributed by atoms with Crippen LogP contribution in [0.25, 0.3) is 11.1 Å². The average molecular weight is 529 g/mol. The molecule has 1 aromatic heterocycles. The SMILES string of the molecule is FCCCN1CC(Cc2ccc(C3=C(c4nccc(C(F)(F)F)c4Cl)CCCc4ccccc43)cc2)C1. The minimum absolute atomic E-state index is 0.204. The molecule has 194 valence electrons. The molecule has 2 heterocycles. The van der Waals surface area contributed by atoms with Crippen LogP contribution in [0.1, 0.15) is 52.8 Å². The van der Waals surface area contributed by atoms with Gasteiger partial charge in [0, 0.05) is 25.8 Å². The highest BCUT2D eigenvalue weighted by Crippen LogP contribution is 2.44. The zero-order valence-corrected chi connectivity index (χ0v) is 21.3. The molecule has 1 fully saturated rings. The number of aryl methyl sites for hydroxylation is 1. The lowest BCUT2D eigenvalue weighted by atomic mass is 9.87. The number of aromatic nitrogens is 1. The highest BCUT2D eigenvalue weighted by atomic mass is 35.5. The van der Waals surface area contributed by atoms with E-state index in [2.05, 4.69) is 40.2 Å². The molecule has 7 heteroatoms. The molecule has 1 saturated heterocycles. The molecule has 37 heavy (non-hydrogen) atoms. The summed E-state index contributed by atoms with van der Waals surface area (Å²) in [5.74, 6) is 0.562. The number of hydrogen-bond acceptors (Lipinski definition) is 2.